The van der Waals surface area contributed by atoms with Crippen molar-refractivity contribution in [2.45, 2.75) is 18.9 Å². The van der Waals surface area contributed by atoms with Crippen molar-refractivity contribution in [3.05, 3.63) is 23.3 Å². The Hall–Kier alpha value is -1.75. The maximum atomic E-state index is 10.9. The van der Waals surface area contributed by atoms with Gasteiger partial charge in [-0.15, -0.1) is 0 Å². The zero-order chi connectivity index (χ0) is 13.3. The van der Waals surface area contributed by atoms with Gasteiger partial charge in [-0.05, 0) is 18.9 Å². The average Bonchev–Trinajstić information content (AvgIpc) is 2.36. The third-order valence-corrected chi connectivity index (χ3v) is 3.33. The fourth-order valence-electron chi connectivity index (χ4n) is 2.44. The lowest BCUT2D eigenvalue weighted by Crippen LogP contribution is -2.25. The number of aliphatic hydroxyl groups is 1. The third-order valence-electron chi connectivity index (χ3n) is 3.33. The van der Waals surface area contributed by atoms with Crippen molar-refractivity contribution < 1.29 is 19.7 Å². The summed E-state index contributed by atoms with van der Waals surface area (Å²) < 4.78 is 5.31. The van der Waals surface area contributed by atoms with Crippen LogP contribution in [0, 0.1) is 0 Å². The predicted octanol–water partition coefficient (Wildman–Crippen LogP) is 1.20. The number of methoxy groups -OCH3 is 1. The highest BCUT2D eigenvalue weighted by atomic mass is 16.5. The van der Waals surface area contributed by atoms with Crippen LogP contribution < -0.4 is 9.64 Å². The highest BCUT2D eigenvalue weighted by Crippen LogP contribution is 2.38. The number of aliphatic hydroxyl groups excluding tert-OH is 1. The number of carboxylic acids is 1. The van der Waals surface area contributed by atoms with Crippen LogP contribution in [-0.2, 0) is 11.2 Å². The van der Waals surface area contributed by atoms with Gasteiger partial charge in [0.05, 0.1) is 7.11 Å². The molecule has 1 heterocycles. The summed E-state index contributed by atoms with van der Waals surface area (Å²) in [5.74, 6) is -0.772. The highest BCUT2D eigenvalue weighted by Gasteiger charge is 2.26. The first-order valence-electron chi connectivity index (χ1n) is 5.88. The van der Waals surface area contributed by atoms with Gasteiger partial charge in [0, 0.05) is 30.4 Å². The van der Waals surface area contributed by atoms with Crippen molar-refractivity contribution in [3.8, 4) is 5.75 Å². The number of benzene rings is 1. The number of carboxylic acid groups (broad SMARTS) is 1. The zero-order valence-electron chi connectivity index (χ0n) is 10.5. The van der Waals surface area contributed by atoms with Crippen molar-refractivity contribution in [1.29, 1.82) is 0 Å². The van der Waals surface area contributed by atoms with Gasteiger partial charge in [0.1, 0.15) is 5.75 Å². The van der Waals surface area contributed by atoms with Gasteiger partial charge in [0.2, 0.25) is 0 Å². The van der Waals surface area contributed by atoms with Gasteiger partial charge >= 0.3 is 5.97 Å². The van der Waals surface area contributed by atoms with Crippen molar-refractivity contribution >= 4 is 11.7 Å². The van der Waals surface area contributed by atoms with E-state index >= 15 is 0 Å². The van der Waals surface area contributed by atoms with E-state index in [2.05, 4.69) is 4.90 Å². The molecule has 18 heavy (non-hydrogen) atoms. The Morgan fingerprint density at radius 3 is 2.83 bits per heavy atom. The topological polar surface area (TPSA) is 70.0 Å². The van der Waals surface area contributed by atoms with Gasteiger partial charge in [-0.3, -0.25) is 0 Å². The van der Waals surface area contributed by atoms with Crippen LogP contribution in [0.1, 0.15) is 23.7 Å². The van der Waals surface area contributed by atoms with Crippen LogP contribution in [0.4, 0.5) is 5.69 Å². The standard InChI is InChI=1S/C13H17NO4/c1-14-7-3-4-8-10(14)6-5-9(12(8)18-2)11(15)13(16)17/h5-6,11,15H,3-4,7H2,1-2H3,(H,16,17). The number of hydrogen-bond acceptors (Lipinski definition) is 4. The lowest BCUT2D eigenvalue weighted by Gasteiger charge is -2.30. The Balaban J connectivity index is 2.54. The van der Waals surface area contributed by atoms with E-state index in [-0.39, 0.29) is 0 Å². The Labute approximate surface area is 106 Å². The van der Waals surface area contributed by atoms with Crippen LogP contribution in [0.15, 0.2) is 12.1 Å². The van der Waals surface area contributed by atoms with E-state index in [0.29, 0.717) is 11.3 Å². The highest BCUT2D eigenvalue weighted by molar-refractivity contribution is 5.77. The molecule has 0 bridgehead atoms. The second-order valence-electron chi connectivity index (χ2n) is 4.45. The molecule has 0 aliphatic carbocycles. The molecule has 1 aliphatic heterocycles. The minimum Gasteiger partial charge on any atom is -0.496 e. The number of nitrogens with zero attached hydrogens (tertiary/aromatic N) is 1. The Kier molecular flexibility index (Phi) is 3.43. The fraction of sp³-hybridized carbons (Fsp3) is 0.462. The number of hydrogen-bond donors (Lipinski definition) is 2. The third kappa shape index (κ3) is 2.01. The lowest BCUT2D eigenvalue weighted by molar-refractivity contribution is -0.147. The van der Waals surface area contributed by atoms with E-state index in [4.69, 9.17) is 9.84 Å². The van der Waals surface area contributed by atoms with Crippen LogP contribution in [0.2, 0.25) is 0 Å². The summed E-state index contributed by atoms with van der Waals surface area (Å²) in [5, 5.41) is 18.6. The number of anilines is 1. The van der Waals surface area contributed by atoms with Crippen LogP contribution in [0.25, 0.3) is 0 Å². The summed E-state index contributed by atoms with van der Waals surface area (Å²) in [6.45, 7) is 0.969. The van der Waals surface area contributed by atoms with E-state index in [1.54, 1.807) is 6.07 Å². The number of fused-ring (bicyclic) bond motifs is 1. The van der Waals surface area contributed by atoms with Gasteiger partial charge < -0.3 is 19.8 Å². The molecule has 2 rings (SSSR count). The van der Waals surface area contributed by atoms with Gasteiger partial charge in [-0.1, -0.05) is 6.07 Å². The van der Waals surface area contributed by atoms with Crippen molar-refractivity contribution in [2.24, 2.45) is 0 Å². The molecule has 1 aromatic rings. The molecule has 5 heteroatoms. The van der Waals surface area contributed by atoms with E-state index in [1.165, 1.54) is 7.11 Å². The van der Waals surface area contributed by atoms with Gasteiger partial charge in [-0.2, -0.15) is 0 Å². The Morgan fingerprint density at radius 2 is 2.22 bits per heavy atom. The SMILES string of the molecule is COc1c(C(O)C(=O)O)ccc2c1CCCN2C. The normalized spacial score (nSPS) is 16.1. The summed E-state index contributed by atoms with van der Waals surface area (Å²) in [7, 11) is 3.49. The maximum absolute atomic E-state index is 10.9. The number of rotatable bonds is 3. The molecule has 0 saturated heterocycles. The molecule has 0 spiro atoms. The summed E-state index contributed by atoms with van der Waals surface area (Å²) in [6, 6.07) is 3.47. The van der Waals surface area contributed by atoms with E-state index in [0.717, 1.165) is 30.6 Å². The minimum atomic E-state index is -1.54. The first-order valence-corrected chi connectivity index (χ1v) is 5.88. The van der Waals surface area contributed by atoms with Crippen LogP contribution >= 0.6 is 0 Å². The molecular weight excluding hydrogens is 234 g/mol. The summed E-state index contributed by atoms with van der Waals surface area (Å²) >= 11 is 0. The van der Waals surface area contributed by atoms with Crippen LogP contribution in [0.3, 0.4) is 0 Å². The first kappa shape index (κ1) is 12.7. The Morgan fingerprint density at radius 1 is 1.50 bits per heavy atom. The monoisotopic (exact) mass is 251 g/mol. The molecular formula is C13H17NO4. The first-order chi connectivity index (χ1) is 8.56. The largest absolute Gasteiger partial charge is 0.496 e. The average molecular weight is 251 g/mol. The van der Waals surface area contributed by atoms with Gasteiger partial charge in [-0.25, -0.2) is 4.79 Å². The number of carbonyl (C=O) groups is 1. The molecule has 98 valence electrons. The van der Waals surface area contributed by atoms with Crippen molar-refractivity contribution in [3.63, 3.8) is 0 Å². The summed E-state index contributed by atoms with van der Waals surface area (Å²) in [5.41, 5.74) is 2.34. The smallest absolute Gasteiger partial charge is 0.337 e. The second kappa shape index (κ2) is 4.86. The second-order valence-corrected chi connectivity index (χ2v) is 4.45. The lowest BCUT2D eigenvalue weighted by atomic mass is 9.96. The summed E-state index contributed by atoms with van der Waals surface area (Å²) in [6.07, 6.45) is 0.285. The molecule has 0 amide bonds. The fourth-order valence-corrected chi connectivity index (χ4v) is 2.44. The zero-order valence-corrected chi connectivity index (χ0v) is 10.5. The molecule has 2 N–H and O–H groups in total. The van der Waals surface area contributed by atoms with Gasteiger partial charge in [0.15, 0.2) is 6.10 Å². The molecule has 1 unspecified atom stereocenters. The molecule has 0 fully saturated rings. The molecule has 0 radical (unpaired) electrons. The van der Waals surface area contributed by atoms with E-state index in [1.807, 2.05) is 13.1 Å². The molecule has 1 aliphatic rings. The molecule has 0 aromatic heterocycles. The molecule has 1 atom stereocenters. The van der Waals surface area contributed by atoms with E-state index in [9.17, 15) is 9.90 Å². The predicted molar refractivity (Wildman–Crippen MR) is 67.2 cm³/mol. The number of ether oxygens (including phenoxy) is 1. The van der Waals surface area contributed by atoms with Crippen molar-refractivity contribution in [2.75, 3.05) is 25.6 Å². The Bertz CT molecular complexity index is 472. The molecule has 0 saturated carbocycles. The van der Waals surface area contributed by atoms with Crippen LogP contribution in [-0.4, -0.2) is 36.9 Å². The molecule has 1 aromatic carbocycles. The van der Waals surface area contributed by atoms with Crippen molar-refractivity contribution in [1.82, 2.24) is 0 Å². The van der Waals surface area contributed by atoms with Crippen LogP contribution in [0.5, 0.6) is 5.75 Å². The minimum absolute atomic E-state index is 0.319. The summed E-state index contributed by atoms with van der Waals surface area (Å²) in [4.78, 5) is 13.0. The number of aliphatic carboxylic acids is 1. The maximum Gasteiger partial charge on any atom is 0.337 e. The quantitative estimate of drug-likeness (QED) is 0.844. The molecule has 5 nitrogen and oxygen atoms in total. The van der Waals surface area contributed by atoms with Gasteiger partial charge in [0.25, 0.3) is 0 Å². The van der Waals surface area contributed by atoms with E-state index < -0.39 is 12.1 Å².